The van der Waals surface area contributed by atoms with Crippen molar-refractivity contribution in [1.29, 1.82) is 0 Å². The highest BCUT2D eigenvalue weighted by molar-refractivity contribution is 6.10. The fourth-order valence-corrected chi connectivity index (χ4v) is 4.54. The lowest BCUT2D eigenvalue weighted by Gasteiger charge is -2.33. The normalized spacial score (nSPS) is 17.8. The number of anilines is 1. The fourth-order valence-electron chi connectivity index (χ4n) is 4.54. The molecule has 2 amide bonds. The summed E-state index contributed by atoms with van der Waals surface area (Å²) in [7, 11) is 0. The number of benzene rings is 1. The van der Waals surface area contributed by atoms with Crippen molar-refractivity contribution in [2.24, 2.45) is 0 Å². The molecule has 2 aliphatic rings. The Hall–Kier alpha value is -3.36. The molecule has 2 aliphatic heterocycles. The molecule has 1 N–H and O–H groups in total. The minimum Gasteiger partial charge on any atom is -0.444 e. The topological polar surface area (TPSA) is 100 Å². The van der Waals surface area contributed by atoms with Crippen LogP contribution < -0.4 is 10.5 Å². The Kier molecular flexibility index (Phi) is 4.72. The van der Waals surface area contributed by atoms with Crippen LogP contribution in [-0.4, -0.2) is 56.7 Å². The summed E-state index contributed by atoms with van der Waals surface area (Å²) in [4.78, 5) is 43.4. The van der Waals surface area contributed by atoms with Crippen molar-refractivity contribution in [2.75, 3.05) is 24.5 Å². The molecule has 0 unspecified atom stereocenters. The van der Waals surface area contributed by atoms with E-state index < -0.39 is 5.60 Å². The van der Waals surface area contributed by atoms with Crippen molar-refractivity contribution in [3.63, 3.8) is 0 Å². The monoisotopic (exact) mass is 437 g/mol. The third-order valence-electron chi connectivity index (χ3n) is 6.15. The number of rotatable bonds is 2. The predicted molar refractivity (Wildman–Crippen MR) is 120 cm³/mol. The lowest BCUT2D eigenvalue weighted by Crippen LogP contribution is -2.43. The van der Waals surface area contributed by atoms with Crippen molar-refractivity contribution in [3.8, 4) is 0 Å². The number of aromatic amines is 1. The molecule has 0 saturated carbocycles. The van der Waals surface area contributed by atoms with Crippen molar-refractivity contribution in [1.82, 2.24) is 19.5 Å². The van der Waals surface area contributed by atoms with Crippen LogP contribution in [0.2, 0.25) is 0 Å². The number of hydrogen-bond donors (Lipinski definition) is 1. The van der Waals surface area contributed by atoms with E-state index in [1.807, 2.05) is 39.0 Å². The van der Waals surface area contributed by atoms with Crippen LogP contribution in [0.4, 0.5) is 10.5 Å². The summed E-state index contributed by atoms with van der Waals surface area (Å²) in [5.41, 5.74) is 2.21. The average molecular weight is 438 g/mol. The van der Waals surface area contributed by atoms with Gasteiger partial charge in [0.15, 0.2) is 0 Å². The number of likely N-dealkylation sites (tertiary alicyclic amines) is 1. The van der Waals surface area contributed by atoms with Gasteiger partial charge in [0.1, 0.15) is 11.2 Å². The summed E-state index contributed by atoms with van der Waals surface area (Å²) in [6.07, 6.45) is 1.66. The number of hydrogen-bond acceptors (Lipinski definition) is 5. The van der Waals surface area contributed by atoms with E-state index >= 15 is 0 Å². The molecule has 2 saturated heterocycles. The van der Waals surface area contributed by atoms with Crippen LogP contribution in [0.3, 0.4) is 0 Å². The molecule has 168 valence electrons. The second-order valence-electron chi connectivity index (χ2n) is 9.53. The molecule has 3 aromatic rings. The Bertz CT molecular complexity index is 1280. The van der Waals surface area contributed by atoms with Crippen LogP contribution in [0, 0.1) is 0 Å². The molecule has 0 aliphatic carbocycles. The maximum atomic E-state index is 12.6. The summed E-state index contributed by atoms with van der Waals surface area (Å²) in [6, 6.07) is 7.27. The largest absolute Gasteiger partial charge is 0.444 e. The molecule has 5 rings (SSSR count). The minimum absolute atomic E-state index is 0.0740. The number of aromatic nitrogens is 3. The van der Waals surface area contributed by atoms with Gasteiger partial charge in [0.25, 0.3) is 5.56 Å². The zero-order chi connectivity index (χ0) is 22.6. The van der Waals surface area contributed by atoms with Gasteiger partial charge in [0, 0.05) is 38.0 Å². The van der Waals surface area contributed by atoms with Gasteiger partial charge in [0.05, 0.1) is 22.3 Å². The summed E-state index contributed by atoms with van der Waals surface area (Å²) in [6.45, 7) is 7.35. The maximum Gasteiger partial charge on any atom is 0.410 e. The van der Waals surface area contributed by atoms with Crippen molar-refractivity contribution in [2.45, 2.75) is 51.6 Å². The van der Waals surface area contributed by atoms with E-state index in [4.69, 9.17) is 9.84 Å². The molecule has 0 bridgehead atoms. The van der Waals surface area contributed by atoms with Gasteiger partial charge in [-0.1, -0.05) is 6.07 Å². The third kappa shape index (κ3) is 3.51. The zero-order valence-electron chi connectivity index (χ0n) is 18.6. The maximum absolute atomic E-state index is 12.6. The first-order chi connectivity index (χ1) is 15.2. The smallest absolute Gasteiger partial charge is 0.410 e. The number of nitrogens with one attached hydrogen (secondary N) is 1. The van der Waals surface area contributed by atoms with E-state index in [0.717, 1.165) is 22.3 Å². The van der Waals surface area contributed by atoms with Crippen LogP contribution >= 0.6 is 0 Å². The first-order valence-corrected chi connectivity index (χ1v) is 11.0. The molecule has 2 fully saturated rings. The van der Waals surface area contributed by atoms with Gasteiger partial charge in [-0.25, -0.2) is 9.31 Å². The lowest BCUT2D eigenvalue weighted by molar-refractivity contribution is -0.122. The summed E-state index contributed by atoms with van der Waals surface area (Å²) < 4.78 is 7.29. The van der Waals surface area contributed by atoms with Crippen LogP contribution in [-0.2, 0) is 9.53 Å². The second kappa shape index (κ2) is 7.36. The molecular formula is C23H27N5O4. The number of piperidine rings is 1. The molecule has 4 heterocycles. The molecule has 1 aromatic carbocycles. The highest BCUT2D eigenvalue weighted by Gasteiger charge is 2.31. The molecule has 0 radical (unpaired) electrons. The van der Waals surface area contributed by atoms with Crippen LogP contribution in [0.25, 0.3) is 16.6 Å². The van der Waals surface area contributed by atoms with E-state index in [2.05, 4.69) is 4.98 Å². The van der Waals surface area contributed by atoms with Crippen molar-refractivity contribution in [3.05, 3.63) is 40.3 Å². The highest BCUT2D eigenvalue weighted by atomic mass is 16.6. The quantitative estimate of drug-likeness (QED) is 0.621. The van der Waals surface area contributed by atoms with E-state index in [9.17, 15) is 14.4 Å². The Balaban J connectivity index is 1.49. The number of H-pyrrole nitrogens is 1. The summed E-state index contributed by atoms with van der Waals surface area (Å²) in [5.74, 6) is 0.159. The Morgan fingerprint density at radius 1 is 1.16 bits per heavy atom. The molecule has 2 aromatic heterocycles. The summed E-state index contributed by atoms with van der Waals surface area (Å²) >= 11 is 0. The molecule has 0 spiro atoms. The first kappa shape index (κ1) is 20.5. The van der Waals surface area contributed by atoms with Gasteiger partial charge < -0.3 is 19.5 Å². The second-order valence-corrected chi connectivity index (χ2v) is 9.53. The van der Waals surface area contributed by atoms with E-state index in [1.165, 1.54) is 0 Å². The summed E-state index contributed by atoms with van der Waals surface area (Å²) in [5, 5.41) is 5.55. The van der Waals surface area contributed by atoms with Crippen LogP contribution in [0.5, 0.6) is 0 Å². The van der Waals surface area contributed by atoms with Gasteiger partial charge in [-0.3, -0.25) is 9.59 Å². The number of amides is 2. The Morgan fingerprint density at radius 2 is 1.91 bits per heavy atom. The third-order valence-corrected chi connectivity index (χ3v) is 6.15. The zero-order valence-corrected chi connectivity index (χ0v) is 18.6. The van der Waals surface area contributed by atoms with Crippen LogP contribution in [0.15, 0.2) is 29.1 Å². The minimum atomic E-state index is -0.530. The fraction of sp³-hybridized carbons (Fsp3) is 0.478. The number of fused-ring (bicyclic) bond motifs is 3. The molecule has 9 heteroatoms. The Morgan fingerprint density at radius 3 is 2.53 bits per heavy atom. The van der Waals surface area contributed by atoms with Crippen molar-refractivity contribution >= 4 is 34.2 Å². The number of ether oxygens (including phenoxy) is 1. The van der Waals surface area contributed by atoms with E-state index in [1.54, 1.807) is 20.4 Å². The van der Waals surface area contributed by atoms with Gasteiger partial charge in [0.2, 0.25) is 5.91 Å². The van der Waals surface area contributed by atoms with Gasteiger partial charge >= 0.3 is 6.09 Å². The molecular weight excluding hydrogens is 410 g/mol. The average Bonchev–Trinajstić information content (AvgIpc) is 3.10. The van der Waals surface area contributed by atoms with Crippen LogP contribution in [0.1, 0.15) is 51.6 Å². The highest BCUT2D eigenvalue weighted by Crippen LogP contribution is 2.35. The van der Waals surface area contributed by atoms with Gasteiger partial charge in [-0.05, 0) is 45.7 Å². The number of nitrogens with zero attached hydrogens (tertiary/aromatic N) is 4. The molecule has 0 atom stereocenters. The number of carbonyl (C=O) groups is 2. The lowest BCUT2D eigenvalue weighted by atomic mass is 9.93. The van der Waals surface area contributed by atoms with Crippen molar-refractivity contribution < 1.29 is 14.3 Å². The molecule has 32 heavy (non-hydrogen) atoms. The van der Waals surface area contributed by atoms with E-state index in [0.29, 0.717) is 44.5 Å². The van der Waals surface area contributed by atoms with E-state index in [-0.39, 0.29) is 23.5 Å². The van der Waals surface area contributed by atoms with Gasteiger partial charge in [-0.2, -0.15) is 5.10 Å². The SMILES string of the molecule is CC(C)(C)OC(=O)N1CCC(c2cc(=O)[nH]c3c4c(N5CCC5=O)cccc4nn23)CC1. The van der Waals surface area contributed by atoms with Gasteiger partial charge in [-0.15, -0.1) is 0 Å². The Labute approximate surface area is 184 Å². The molecule has 9 nitrogen and oxygen atoms in total. The first-order valence-electron chi connectivity index (χ1n) is 11.0. The number of β-lactam (4-membered cyclic amide) rings is 1. The predicted octanol–water partition coefficient (Wildman–Crippen LogP) is 3.03. The number of carbonyl (C=O) groups excluding carboxylic acids is 2. The standard InChI is InChI=1S/C23H27N5O4/c1-23(2,3)32-22(31)26-10-7-14(8-11-26)17-13-18(29)24-21-20-15(25-28(17)21)5-4-6-16(20)27-12-9-19(27)30/h4-6,13-14H,7-12H2,1-3H3,(H,24,29).